The summed E-state index contributed by atoms with van der Waals surface area (Å²) in [5, 5.41) is 14.8. The van der Waals surface area contributed by atoms with E-state index in [-0.39, 0.29) is 0 Å². The highest BCUT2D eigenvalue weighted by Gasteiger charge is 2.24. The SMILES string of the molecule is C=CC(O)C(c1ccc(N(C)C)cc1Cl)n1cncn1. The first-order valence-corrected chi connectivity index (χ1v) is 6.54. The molecule has 0 aliphatic heterocycles. The quantitative estimate of drug-likeness (QED) is 0.858. The van der Waals surface area contributed by atoms with Crippen molar-refractivity contribution < 1.29 is 5.11 Å². The van der Waals surface area contributed by atoms with Crippen molar-refractivity contribution in [3.63, 3.8) is 0 Å². The molecule has 1 N–H and O–H groups in total. The number of aromatic nitrogens is 3. The highest BCUT2D eigenvalue weighted by molar-refractivity contribution is 6.31. The summed E-state index contributed by atoms with van der Waals surface area (Å²) in [6.07, 6.45) is 3.63. The van der Waals surface area contributed by atoms with E-state index in [0.717, 1.165) is 11.3 Å². The number of aliphatic hydroxyl groups excluding tert-OH is 1. The predicted octanol–water partition coefficient (Wildman–Crippen LogP) is 2.13. The normalized spacial score (nSPS) is 13.8. The average Bonchev–Trinajstić information content (AvgIpc) is 2.94. The Morgan fingerprint density at radius 3 is 2.70 bits per heavy atom. The zero-order valence-electron chi connectivity index (χ0n) is 11.4. The summed E-state index contributed by atoms with van der Waals surface area (Å²) in [7, 11) is 3.89. The van der Waals surface area contributed by atoms with Gasteiger partial charge in [0, 0.05) is 24.8 Å². The maximum atomic E-state index is 10.2. The molecule has 20 heavy (non-hydrogen) atoms. The van der Waals surface area contributed by atoms with Gasteiger partial charge in [-0.25, -0.2) is 9.67 Å². The largest absolute Gasteiger partial charge is 0.386 e. The lowest BCUT2D eigenvalue weighted by molar-refractivity contribution is 0.169. The highest BCUT2D eigenvalue weighted by atomic mass is 35.5. The van der Waals surface area contributed by atoms with Gasteiger partial charge in [0.1, 0.15) is 18.7 Å². The molecule has 0 radical (unpaired) electrons. The lowest BCUT2D eigenvalue weighted by atomic mass is 10.0. The summed E-state index contributed by atoms with van der Waals surface area (Å²) in [5.41, 5.74) is 1.76. The molecule has 0 aliphatic carbocycles. The lowest BCUT2D eigenvalue weighted by Crippen LogP contribution is -2.24. The smallest absolute Gasteiger partial charge is 0.137 e. The maximum Gasteiger partial charge on any atom is 0.137 e. The Kier molecular flexibility index (Phi) is 4.42. The minimum absolute atomic E-state index is 0.446. The molecular weight excluding hydrogens is 276 g/mol. The van der Waals surface area contributed by atoms with Gasteiger partial charge in [-0.05, 0) is 17.7 Å². The Labute approximate surface area is 123 Å². The van der Waals surface area contributed by atoms with Crippen LogP contribution in [0.3, 0.4) is 0 Å². The molecule has 5 nitrogen and oxygen atoms in total. The van der Waals surface area contributed by atoms with Crippen molar-refractivity contribution in [2.24, 2.45) is 0 Å². The van der Waals surface area contributed by atoms with Crippen LogP contribution in [0.25, 0.3) is 0 Å². The lowest BCUT2D eigenvalue weighted by Gasteiger charge is -2.23. The van der Waals surface area contributed by atoms with Crippen molar-refractivity contribution >= 4 is 17.3 Å². The third-order valence-electron chi connectivity index (χ3n) is 3.11. The number of aliphatic hydroxyl groups is 1. The fraction of sp³-hybridized carbons (Fsp3) is 0.286. The van der Waals surface area contributed by atoms with Gasteiger partial charge >= 0.3 is 0 Å². The average molecular weight is 293 g/mol. The summed E-state index contributed by atoms with van der Waals surface area (Å²) in [6, 6.07) is 5.24. The monoisotopic (exact) mass is 292 g/mol. The first-order valence-electron chi connectivity index (χ1n) is 6.16. The Hall–Kier alpha value is -1.85. The van der Waals surface area contributed by atoms with Crippen molar-refractivity contribution in [1.29, 1.82) is 0 Å². The van der Waals surface area contributed by atoms with Crippen LogP contribution in [0.5, 0.6) is 0 Å². The van der Waals surface area contributed by atoms with Crippen molar-refractivity contribution in [2.45, 2.75) is 12.1 Å². The molecule has 0 saturated heterocycles. The number of benzene rings is 1. The van der Waals surface area contributed by atoms with Gasteiger partial charge in [-0.1, -0.05) is 23.7 Å². The third-order valence-corrected chi connectivity index (χ3v) is 3.43. The first kappa shape index (κ1) is 14.6. The third kappa shape index (κ3) is 2.84. The molecule has 0 bridgehead atoms. The molecule has 2 unspecified atom stereocenters. The molecule has 0 spiro atoms. The summed E-state index contributed by atoms with van der Waals surface area (Å²) in [6.45, 7) is 3.63. The number of nitrogens with zero attached hydrogens (tertiary/aromatic N) is 4. The van der Waals surface area contributed by atoms with Crippen LogP contribution in [0, 0.1) is 0 Å². The van der Waals surface area contributed by atoms with Crippen LogP contribution in [0.15, 0.2) is 43.5 Å². The van der Waals surface area contributed by atoms with Crippen LogP contribution in [0.4, 0.5) is 5.69 Å². The molecule has 0 aliphatic rings. The van der Waals surface area contributed by atoms with Crippen LogP contribution in [-0.2, 0) is 0 Å². The molecule has 0 fully saturated rings. The number of halogens is 1. The number of hydrogen-bond acceptors (Lipinski definition) is 4. The molecule has 6 heteroatoms. The topological polar surface area (TPSA) is 54.2 Å². The summed E-state index contributed by atoms with van der Waals surface area (Å²) < 4.78 is 1.57. The predicted molar refractivity (Wildman–Crippen MR) is 80.1 cm³/mol. The van der Waals surface area contributed by atoms with Gasteiger partial charge in [-0.2, -0.15) is 5.10 Å². The number of hydrogen-bond donors (Lipinski definition) is 1. The van der Waals surface area contributed by atoms with Crippen LogP contribution < -0.4 is 4.90 Å². The van der Waals surface area contributed by atoms with Gasteiger partial charge in [0.15, 0.2) is 0 Å². The van der Waals surface area contributed by atoms with E-state index in [2.05, 4.69) is 16.7 Å². The molecule has 2 atom stereocenters. The molecule has 0 saturated carbocycles. The second-order valence-electron chi connectivity index (χ2n) is 4.65. The second-order valence-corrected chi connectivity index (χ2v) is 5.05. The molecule has 2 rings (SSSR count). The van der Waals surface area contributed by atoms with Crippen LogP contribution >= 0.6 is 11.6 Å². The van der Waals surface area contributed by atoms with Crippen molar-refractivity contribution in [1.82, 2.24) is 14.8 Å². The Bertz CT molecular complexity index is 583. The Balaban J connectivity index is 2.47. The van der Waals surface area contributed by atoms with Crippen LogP contribution in [0.2, 0.25) is 5.02 Å². The summed E-state index contributed by atoms with van der Waals surface area (Å²) in [5.74, 6) is 0. The van der Waals surface area contributed by atoms with E-state index in [0.29, 0.717) is 5.02 Å². The van der Waals surface area contributed by atoms with Crippen LogP contribution in [-0.4, -0.2) is 40.1 Å². The summed E-state index contributed by atoms with van der Waals surface area (Å²) in [4.78, 5) is 5.88. The minimum atomic E-state index is -0.806. The van der Waals surface area contributed by atoms with Gasteiger partial charge in [0.25, 0.3) is 0 Å². The van der Waals surface area contributed by atoms with Crippen molar-refractivity contribution in [2.75, 3.05) is 19.0 Å². The fourth-order valence-electron chi connectivity index (χ4n) is 2.01. The van der Waals surface area contributed by atoms with E-state index >= 15 is 0 Å². The van der Waals surface area contributed by atoms with Gasteiger partial charge in [0.05, 0.1) is 6.10 Å². The number of rotatable bonds is 5. The molecule has 0 amide bonds. The zero-order valence-corrected chi connectivity index (χ0v) is 12.2. The van der Waals surface area contributed by atoms with E-state index in [4.69, 9.17) is 11.6 Å². The maximum absolute atomic E-state index is 10.2. The Morgan fingerprint density at radius 2 is 2.20 bits per heavy atom. The molecule has 1 aromatic heterocycles. The second kappa shape index (κ2) is 6.07. The van der Waals surface area contributed by atoms with Gasteiger partial charge < -0.3 is 10.0 Å². The van der Waals surface area contributed by atoms with E-state index < -0.39 is 12.1 Å². The van der Waals surface area contributed by atoms with E-state index in [1.807, 2.05) is 37.2 Å². The molecule has 106 valence electrons. The zero-order chi connectivity index (χ0) is 14.7. The van der Waals surface area contributed by atoms with E-state index in [1.54, 1.807) is 11.0 Å². The molecule has 1 heterocycles. The summed E-state index contributed by atoms with van der Waals surface area (Å²) >= 11 is 6.35. The first-order chi connectivity index (χ1) is 9.54. The van der Waals surface area contributed by atoms with Crippen molar-refractivity contribution in [3.05, 3.63) is 54.1 Å². The minimum Gasteiger partial charge on any atom is -0.386 e. The van der Waals surface area contributed by atoms with Gasteiger partial charge in [-0.15, -0.1) is 6.58 Å². The van der Waals surface area contributed by atoms with Crippen LogP contribution in [0.1, 0.15) is 11.6 Å². The fourth-order valence-corrected chi connectivity index (χ4v) is 2.29. The standard InChI is InChI=1S/C14H17ClN4O/c1-4-13(20)14(19-9-16-8-17-19)11-6-5-10(18(2)3)7-12(11)15/h4-9,13-14,20H,1H2,2-3H3. The highest BCUT2D eigenvalue weighted by Crippen LogP contribution is 2.31. The molecular formula is C14H17ClN4O. The molecule has 1 aromatic carbocycles. The van der Waals surface area contributed by atoms with Crippen molar-refractivity contribution in [3.8, 4) is 0 Å². The molecule has 2 aromatic rings. The van der Waals surface area contributed by atoms with E-state index in [1.165, 1.54) is 12.4 Å². The Morgan fingerprint density at radius 1 is 1.45 bits per heavy atom. The number of anilines is 1. The van der Waals surface area contributed by atoms with Gasteiger partial charge in [-0.3, -0.25) is 0 Å². The van der Waals surface area contributed by atoms with Gasteiger partial charge in [0.2, 0.25) is 0 Å². The van der Waals surface area contributed by atoms with E-state index in [9.17, 15) is 5.11 Å².